The molecule has 2 N–H and O–H groups in total. The van der Waals surface area contributed by atoms with Crippen LogP contribution in [-0.2, 0) is 9.53 Å². The van der Waals surface area contributed by atoms with Gasteiger partial charge in [-0.05, 0) is 30.5 Å². The topological polar surface area (TPSA) is 97.6 Å². The first-order chi connectivity index (χ1) is 11.0. The first-order valence-corrected chi connectivity index (χ1v) is 7.40. The number of carbonyl (C=O) groups is 3. The molecular weight excluding hydrogens is 320 g/mol. The molecule has 0 aliphatic carbocycles. The fourth-order valence-corrected chi connectivity index (χ4v) is 2.31. The van der Waals surface area contributed by atoms with Crippen molar-refractivity contribution in [3.8, 4) is 0 Å². The van der Waals surface area contributed by atoms with Gasteiger partial charge in [-0.1, -0.05) is 6.07 Å². The highest BCUT2D eigenvalue weighted by Gasteiger charge is 2.14. The number of methoxy groups -OCH3 is 1. The molecule has 0 spiro atoms. The zero-order chi connectivity index (χ0) is 16.8. The molecule has 120 valence electrons. The number of nitrogens with one attached hydrogen (secondary N) is 2. The Hall–Kier alpha value is -2.87. The van der Waals surface area contributed by atoms with Crippen LogP contribution in [0.3, 0.4) is 0 Å². The van der Waals surface area contributed by atoms with E-state index in [1.54, 1.807) is 24.4 Å². The molecule has 2 rings (SSSR count). The van der Waals surface area contributed by atoms with E-state index in [0.29, 0.717) is 22.0 Å². The average Bonchev–Trinajstić information content (AvgIpc) is 3.19. The summed E-state index contributed by atoms with van der Waals surface area (Å²) in [5, 5.41) is 1.76. The Labute approximate surface area is 135 Å². The van der Waals surface area contributed by atoms with Crippen molar-refractivity contribution in [3.63, 3.8) is 0 Å². The summed E-state index contributed by atoms with van der Waals surface area (Å²) in [6, 6.07) is 4.84. The van der Waals surface area contributed by atoms with Gasteiger partial charge in [-0.25, -0.2) is 4.79 Å². The molecule has 0 radical (unpaired) electrons. The lowest BCUT2D eigenvalue weighted by atomic mass is 10.2. The molecule has 2 aromatic rings. The first-order valence-electron chi connectivity index (χ1n) is 6.52. The van der Waals surface area contributed by atoms with E-state index in [-0.39, 0.29) is 0 Å². The fourth-order valence-electron chi connectivity index (χ4n) is 1.69. The number of hydrogen-bond acceptors (Lipinski definition) is 6. The summed E-state index contributed by atoms with van der Waals surface area (Å²) in [7, 11) is 1.27. The van der Waals surface area contributed by atoms with Gasteiger partial charge in [-0.3, -0.25) is 20.4 Å². The molecule has 23 heavy (non-hydrogen) atoms. The maximum absolute atomic E-state index is 11.6. The van der Waals surface area contributed by atoms with Gasteiger partial charge in [0.1, 0.15) is 17.1 Å². The van der Waals surface area contributed by atoms with E-state index < -0.39 is 17.8 Å². The smallest absolute Gasteiger partial charge is 0.341 e. The Morgan fingerprint density at radius 3 is 2.74 bits per heavy atom. The Balaban J connectivity index is 1.91. The molecule has 0 fully saturated rings. The summed E-state index contributed by atoms with van der Waals surface area (Å²) < 4.78 is 9.93. The lowest BCUT2D eigenvalue weighted by molar-refractivity contribution is -0.117. The molecule has 0 aliphatic rings. The molecule has 0 saturated heterocycles. The summed E-state index contributed by atoms with van der Waals surface area (Å²) in [6.45, 7) is 1.62. The maximum atomic E-state index is 11.6. The largest absolute Gasteiger partial charge is 0.465 e. The van der Waals surface area contributed by atoms with Gasteiger partial charge in [0.2, 0.25) is 0 Å². The molecule has 0 aromatic carbocycles. The number of thiophene rings is 1. The second-order valence-corrected chi connectivity index (χ2v) is 5.31. The fraction of sp³-hybridized carbons (Fsp3) is 0.133. The Kier molecular flexibility index (Phi) is 5.32. The molecule has 2 amide bonds. The van der Waals surface area contributed by atoms with Gasteiger partial charge in [0.15, 0.2) is 0 Å². The zero-order valence-corrected chi connectivity index (χ0v) is 13.2. The highest BCUT2D eigenvalue weighted by molar-refractivity contribution is 7.12. The van der Waals surface area contributed by atoms with Crippen LogP contribution in [-0.4, -0.2) is 24.9 Å². The molecular formula is C15H14N2O5S. The average molecular weight is 334 g/mol. The van der Waals surface area contributed by atoms with Crippen molar-refractivity contribution in [1.29, 1.82) is 0 Å². The van der Waals surface area contributed by atoms with E-state index in [9.17, 15) is 14.4 Å². The van der Waals surface area contributed by atoms with E-state index in [0.717, 1.165) is 0 Å². The number of hydrazine groups is 1. The number of hydrogen-bond donors (Lipinski definition) is 2. The predicted octanol–water partition coefficient (Wildman–Crippen LogP) is 1.91. The van der Waals surface area contributed by atoms with Gasteiger partial charge >= 0.3 is 5.97 Å². The normalized spacial score (nSPS) is 10.5. The number of aryl methyl sites for hydroxylation is 1. The monoisotopic (exact) mass is 334 g/mol. The Bertz CT molecular complexity index is 746. The molecule has 2 heterocycles. The molecule has 0 atom stereocenters. The Morgan fingerprint density at radius 2 is 2.09 bits per heavy atom. The molecule has 0 unspecified atom stereocenters. The van der Waals surface area contributed by atoms with Gasteiger partial charge in [0, 0.05) is 6.08 Å². The first kappa shape index (κ1) is 16.5. The maximum Gasteiger partial charge on any atom is 0.341 e. The van der Waals surface area contributed by atoms with E-state index >= 15 is 0 Å². The summed E-state index contributed by atoms with van der Waals surface area (Å²) >= 11 is 1.26. The summed E-state index contributed by atoms with van der Waals surface area (Å²) in [5.41, 5.74) is 4.82. The van der Waals surface area contributed by atoms with Crippen LogP contribution in [0, 0.1) is 6.92 Å². The molecule has 7 nitrogen and oxygen atoms in total. The second kappa shape index (κ2) is 7.41. The summed E-state index contributed by atoms with van der Waals surface area (Å²) in [4.78, 5) is 35.2. The van der Waals surface area contributed by atoms with Crippen molar-refractivity contribution in [2.24, 2.45) is 0 Å². The van der Waals surface area contributed by atoms with Crippen molar-refractivity contribution < 1.29 is 23.5 Å². The van der Waals surface area contributed by atoms with Crippen LogP contribution >= 0.6 is 11.3 Å². The standard InChI is InChI=1S/C15H14N2O5S/c1-9-11(15(20)21-2)8-10(22-9)5-6-13(18)16-17-14(19)12-4-3-7-23-12/h3-8H,1-2H3,(H,16,18)(H,17,19)/b6-5+. The minimum absolute atomic E-state index is 0.290. The highest BCUT2D eigenvalue weighted by Crippen LogP contribution is 2.16. The van der Waals surface area contributed by atoms with Gasteiger partial charge in [-0.2, -0.15) is 0 Å². The van der Waals surface area contributed by atoms with Crippen LogP contribution in [0.5, 0.6) is 0 Å². The molecule has 2 aromatic heterocycles. The van der Waals surface area contributed by atoms with Crippen molar-refractivity contribution in [1.82, 2.24) is 10.9 Å². The van der Waals surface area contributed by atoms with E-state index in [1.807, 2.05) is 0 Å². The third-order valence-corrected chi connectivity index (χ3v) is 3.65. The van der Waals surface area contributed by atoms with E-state index in [1.165, 1.54) is 36.7 Å². The SMILES string of the molecule is COC(=O)c1cc(/C=C/C(=O)NNC(=O)c2cccs2)oc1C. The predicted molar refractivity (Wildman–Crippen MR) is 83.7 cm³/mol. The van der Waals surface area contributed by atoms with Crippen LogP contribution in [0.25, 0.3) is 6.08 Å². The quantitative estimate of drug-likeness (QED) is 0.506. The third-order valence-electron chi connectivity index (χ3n) is 2.79. The number of esters is 1. The summed E-state index contributed by atoms with van der Waals surface area (Å²) in [5.74, 6) is -0.740. The Morgan fingerprint density at radius 1 is 1.30 bits per heavy atom. The van der Waals surface area contributed by atoms with E-state index in [2.05, 4.69) is 15.6 Å². The lowest BCUT2D eigenvalue weighted by Crippen LogP contribution is -2.40. The minimum atomic E-state index is -0.538. The van der Waals surface area contributed by atoms with Gasteiger partial charge in [0.25, 0.3) is 11.8 Å². The van der Waals surface area contributed by atoms with Crippen LogP contribution < -0.4 is 10.9 Å². The van der Waals surface area contributed by atoms with Crippen LogP contribution in [0.1, 0.15) is 31.6 Å². The van der Waals surface area contributed by atoms with E-state index in [4.69, 9.17) is 4.42 Å². The van der Waals surface area contributed by atoms with Crippen molar-refractivity contribution in [2.75, 3.05) is 7.11 Å². The van der Waals surface area contributed by atoms with Crippen molar-refractivity contribution in [2.45, 2.75) is 6.92 Å². The number of amides is 2. The lowest BCUT2D eigenvalue weighted by Gasteiger charge is -2.02. The van der Waals surface area contributed by atoms with Crippen LogP contribution in [0.4, 0.5) is 0 Å². The number of furan rings is 1. The van der Waals surface area contributed by atoms with Crippen LogP contribution in [0.2, 0.25) is 0 Å². The van der Waals surface area contributed by atoms with Crippen molar-refractivity contribution in [3.05, 3.63) is 51.6 Å². The summed E-state index contributed by atoms with van der Waals surface area (Å²) in [6.07, 6.45) is 2.56. The van der Waals surface area contributed by atoms with Gasteiger partial charge < -0.3 is 9.15 Å². The number of ether oxygens (including phenoxy) is 1. The minimum Gasteiger partial charge on any atom is -0.465 e. The van der Waals surface area contributed by atoms with Crippen LogP contribution in [0.15, 0.2) is 34.1 Å². The van der Waals surface area contributed by atoms with Crippen molar-refractivity contribution >= 4 is 35.2 Å². The van der Waals surface area contributed by atoms with Gasteiger partial charge in [-0.15, -0.1) is 11.3 Å². The molecule has 8 heteroatoms. The number of carbonyl (C=O) groups excluding carboxylic acids is 3. The molecule has 0 aliphatic heterocycles. The molecule has 0 saturated carbocycles. The second-order valence-electron chi connectivity index (χ2n) is 4.36. The highest BCUT2D eigenvalue weighted by atomic mass is 32.1. The number of rotatable bonds is 4. The molecule has 0 bridgehead atoms. The third kappa shape index (κ3) is 4.30. The van der Waals surface area contributed by atoms with Gasteiger partial charge in [0.05, 0.1) is 12.0 Å². The zero-order valence-electron chi connectivity index (χ0n) is 12.4.